The van der Waals surface area contributed by atoms with Crippen LogP contribution in [-0.4, -0.2) is 35.0 Å². The van der Waals surface area contributed by atoms with Gasteiger partial charge in [0, 0.05) is 36.2 Å². The van der Waals surface area contributed by atoms with E-state index in [2.05, 4.69) is 18.7 Å². The lowest BCUT2D eigenvalue weighted by Crippen LogP contribution is -2.46. The summed E-state index contributed by atoms with van der Waals surface area (Å²) in [5.41, 5.74) is 7.03. The van der Waals surface area contributed by atoms with Crippen molar-refractivity contribution in [2.45, 2.75) is 24.6 Å². The molecule has 0 radical (unpaired) electrons. The highest BCUT2D eigenvalue weighted by atomic mass is 35.5. The number of halogens is 2. The fourth-order valence-electron chi connectivity index (χ4n) is 2.57. The maximum absolute atomic E-state index is 6.34. The van der Waals surface area contributed by atoms with Crippen LogP contribution < -0.4 is 5.73 Å². The molecule has 0 saturated carbocycles. The molecule has 0 spiro atoms. The molecule has 1 aromatic rings. The van der Waals surface area contributed by atoms with Gasteiger partial charge in [-0.1, -0.05) is 35.3 Å². The summed E-state index contributed by atoms with van der Waals surface area (Å²) in [6.07, 6.45) is 0. The van der Waals surface area contributed by atoms with Crippen molar-refractivity contribution in [3.63, 3.8) is 0 Å². The second-order valence-corrected chi connectivity index (χ2v) is 8.06. The van der Waals surface area contributed by atoms with Gasteiger partial charge in [-0.2, -0.15) is 11.8 Å². The molecule has 1 heterocycles. The van der Waals surface area contributed by atoms with E-state index in [0.29, 0.717) is 16.6 Å². The first kappa shape index (κ1) is 15.5. The van der Waals surface area contributed by atoms with E-state index in [-0.39, 0.29) is 10.8 Å². The lowest BCUT2D eigenvalue weighted by atomic mass is 10.0. The summed E-state index contributed by atoms with van der Waals surface area (Å²) in [6.45, 7) is 7.16. The Hall–Kier alpha value is 0.0700. The molecule has 106 valence electrons. The molecule has 0 aromatic heterocycles. The van der Waals surface area contributed by atoms with E-state index in [0.717, 1.165) is 24.4 Å². The van der Waals surface area contributed by atoms with Crippen LogP contribution in [0.3, 0.4) is 0 Å². The summed E-state index contributed by atoms with van der Waals surface area (Å²) in [4.78, 5) is 2.42. The first-order valence-corrected chi connectivity index (χ1v) is 8.21. The van der Waals surface area contributed by atoms with Crippen molar-refractivity contribution in [1.82, 2.24) is 4.90 Å². The van der Waals surface area contributed by atoms with Crippen LogP contribution in [0.4, 0.5) is 0 Å². The van der Waals surface area contributed by atoms with Gasteiger partial charge in [-0.15, -0.1) is 0 Å². The molecular weight excluding hydrogens is 299 g/mol. The van der Waals surface area contributed by atoms with Gasteiger partial charge in [-0.25, -0.2) is 0 Å². The highest BCUT2D eigenvalue weighted by Crippen LogP contribution is 2.37. The van der Waals surface area contributed by atoms with Crippen molar-refractivity contribution in [3.8, 4) is 0 Å². The van der Waals surface area contributed by atoms with Crippen molar-refractivity contribution >= 4 is 35.0 Å². The lowest BCUT2D eigenvalue weighted by Gasteiger charge is -2.42. The predicted octanol–water partition coefficient (Wildman–Crippen LogP) is 3.82. The van der Waals surface area contributed by atoms with Gasteiger partial charge < -0.3 is 5.73 Å². The molecule has 0 amide bonds. The summed E-state index contributed by atoms with van der Waals surface area (Å²) >= 11 is 14.5. The SMILES string of the molecule is CC1(C)CN(C(CN)c2cccc(Cl)c2Cl)CCS1. The van der Waals surface area contributed by atoms with Crippen molar-refractivity contribution in [3.05, 3.63) is 33.8 Å². The number of thioether (sulfide) groups is 1. The Morgan fingerprint density at radius 3 is 2.79 bits per heavy atom. The Morgan fingerprint density at radius 2 is 2.16 bits per heavy atom. The Balaban J connectivity index is 2.27. The van der Waals surface area contributed by atoms with E-state index in [9.17, 15) is 0 Å². The maximum atomic E-state index is 6.34. The molecule has 1 atom stereocenters. The lowest BCUT2D eigenvalue weighted by molar-refractivity contribution is 0.192. The zero-order valence-electron chi connectivity index (χ0n) is 11.3. The molecular formula is C14H20Cl2N2S. The fraction of sp³-hybridized carbons (Fsp3) is 0.571. The Labute approximate surface area is 129 Å². The highest BCUT2D eigenvalue weighted by molar-refractivity contribution is 8.00. The monoisotopic (exact) mass is 318 g/mol. The zero-order valence-corrected chi connectivity index (χ0v) is 13.7. The van der Waals surface area contributed by atoms with E-state index >= 15 is 0 Å². The van der Waals surface area contributed by atoms with Gasteiger partial charge in [-0.3, -0.25) is 4.90 Å². The van der Waals surface area contributed by atoms with E-state index in [1.807, 2.05) is 30.0 Å². The molecule has 1 aromatic carbocycles. The summed E-state index contributed by atoms with van der Waals surface area (Å²) < 4.78 is 0.261. The van der Waals surface area contributed by atoms with Crippen LogP contribution in [0.1, 0.15) is 25.5 Å². The van der Waals surface area contributed by atoms with Gasteiger partial charge in [0.05, 0.1) is 10.0 Å². The van der Waals surface area contributed by atoms with Gasteiger partial charge in [0.1, 0.15) is 0 Å². The quantitative estimate of drug-likeness (QED) is 0.918. The minimum absolute atomic E-state index is 0.145. The fourth-order valence-corrected chi connectivity index (χ4v) is 4.14. The Kier molecular flexibility index (Phi) is 5.07. The number of nitrogens with zero attached hydrogens (tertiary/aromatic N) is 1. The van der Waals surface area contributed by atoms with E-state index < -0.39 is 0 Å². The standard InChI is InChI=1S/C14H20Cl2N2S/c1-14(2)9-18(6-7-19-14)12(8-17)10-4-3-5-11(15)13(10)16/h3-5,12H,6-9,17H2,1-2H3. The predicted molar refractivity (Wildman–Crippen MR) is 86.4 cm³/mol. The minimum Gasteiger partial charge on any atom is -0.329 e. The third kappa shape index (κ3) is 3.59. The molecule has 1 fully saturated rings. The molecule has 1 saturated heterocycles. The highest BCUT2D eigenvalue weighted by Gasteiger charge is 2.32. The van der Waals surface area contributed by atoms with Gasteiger partial charge in [-0.05, 0) is 25.5 Å². The molecule has 2 N–H and O–H groups in total. The normalized spacial score (nSPS) is 21.3. The van der Waals surface area contributed by atoms with Crippen LogP contribution in [0.2, 0.25) is 10.0 Å². The first-order valence-electron chi connectivity index (χ1n) is 6.46. The molecule has 1 aliphatic rings. The zero-order chi connectivity index (χ0) is 14.0. The number of benzene rings is 1. The average Bonchev–Trinajstić information content (AvgIpc) is 2.34. The van der Waals surface area contributed by atoms with Crippen LogP contribution in [0.15, 0.2) is 18.2 Å². The number of rotatable bonds is 3. The Bertz CT molecular complexity index is 451. The van der Waals surface area contributed by atoms with Crippen molar-refractivity contribution in [1.29, 1.82) is 0 Å². The summed E-state index contributed by atoms with van der Waals surface area (Å²) in [6, 6.07) is 5.93. The number of hydrogen-bond acceptors (Lipinski definition) is 3. The average molecular weight is 319 g/mol. The van der Waals surface area contributed by atoms with Crippen molar-refractivity contribution in [2.75, 3.05) is 25.4 Å². The summed E-state index contributed by atoms with van der Waals surface area (Å²) in [5.74, 6) is 1.13. The summed E-state index contributed by atoms with van der Waals surface area (Å²) in [5, 5.41) is 1.24. The van der Waals surface area contributed by atoms with Crippen LogP contribution in [-0.2, 0) is 0 Å². The maximum Gasteiger partial charge on any atom is 0.0640 e. The van der Waals surface area contributed by atoms with Crippen LogP contribution in [0, 0.1) is 0 Å². The largest absolute Gasteiger partial charge is 0.329 e. The molecule has 2 rings (SSSR count). The molecule has 0 bridgehead atoms. The minimum atomic E-state index is 0.145. The molecule has 1 aliphatic heterocycles. The Morgan fingerprint density at radius 1 is 1.42 bits per heavy atom. The number of hydrogen-bond donors (Lipinski definition) is 1. The van der Waals surface area contributed by atoms with E-state index in [4.69, 9.17) is 28.9 Å². The topological polar surface area (TPSA) is 29.3 Å². The van der Waals surface area contributed by atoms with Crippen LogP contribution >= 0.6 is 35.0 Å². The second-order valence-electron chi connectivity index (χ2n) is 5.47. The van der Waals surface area contributed by atoms with Gasteiger partial charge in [0.2, 0.25) is 0 Å². The summed E-state index contributed by atoms with van der Waals surface area (Å²) in [7, 11) is 0. The van der Waals surface area contributed by atoms with Gasteiger partial charge in [0.25, 0.3) is 0 Å². The third-order valence-electron chi connectivity index (χ3n) is 3.46. The van der Waals surface area contributed by atoms with Gasteiger partial charge >= 0.3 is 0 Å². The molecule has 5 heteroatoms. The molecule has 1 unspecified atom stereocenters. The van der Waals surface area contributed by atoms with Crippen molar-refractivity contribution < 1.29 is 0 Å². The smallest absolute Gasteiger partial charge is 0.0640 e. The second kappa shape index (κ2) is 6.23. The van der Waals surface area contributed by atoms with Gasteiger partial charge in [0.15, 0.2) is 0 Å². The molecule has 19 heavy (non-hydrogen) atoms. The van der Waals surface area contributed by atoms with Crippen molar-refractivity contribution in [2.24, 2.45) is 5.73 Å². The van der Waals surface area contributed by atoms with E-state index in [1.165, 1.54) is 0 Å². The van der Waals surface area contributed by atoms with Crippen LogP contribution in [0.25, 0.3) is 0 Å². The van der Waals surface area contributed by atoms with E-state index in [1.54, 1.807) is 0 Å². The van der Waals surface area contributed by atoms with Crippen LogP contribution in [0.5, 0.6) is 0 Å². The first-order chi connectivity index (χ1) is 8.94. The molecule has 2 nitrogen and oxygen atoms in total. The third-order valence-corrected chi connectivity index (χ3v) is 5.59. The number of nitrogens with two attached hydrogens (primary N) is 1. The molecule has 0 aliphatic carbocycles.